The number of carbonyl (C=O) groups excluding carboxylic acids is 1. The Balaban J connectivity index is 2.06. The van der Waals surface area contributed by atoms with Gasteiger partial charge in [0.25, 0.3) is 0 Å². The molecule has 1 saturated heterocycles. The Labute approximate surface area is 125 Å². The lowest BCUT2D eigenvalue weighted by Gasteiger charge is -2.14. The molecule has 0 aromatic heterocycles. The molecule has 1 fully saturated rings. The predicted octanol–water partition coefficient (Wildman–Crippen LogP) is 1.86. The van der Waals surface area contributed by atoms with Gasteiger partial charge in [-0.1, -0.05) is 0 Å². The lowest BCUT2D eigenvalue weighted by Crippen LogP contribution is -2.32. The van der Waals surface area contributed by atoms with E-state index in [-0.39, 0.29) is 6.10 Å². The fourth-order valence-electron chi connectivity index (χ4n) is 2.46. The number of sulfone groups is 1. The predicted molar refractivity (Wildman–Crippen MR) is 79.5 cm³/mol. The van der Waals surface area contributed by atoms with Gasteiger partial charge in [0.05, 0.1) is 18.0 Å². The summed E-state index contributed by atoms with van der Waals surface area (Å²) in [6.07, 6.45) is 0.114. The van der Waals surface area contributed by atoms with Gasteiger partial charge >= 0.3 is 0 Å². The first-order valence-electron chi connectivity index (χ1n) is 7.03. The van der Waals surface area contributed by atoms with Crippen molar-refractivity contribution < 1.29 is 22.7 Å². The highest BCUT2D eigenvalue weighted by molar-refractivity contribution is 7.92. The van der Waals surface area contributed by atoms with Crippen molar-refractivity contribution in [2.45, 2.75) is 31.6 Å². The number of ether oxygens (including phenoxy) is 2. The van der Waals surface area contributed by atoms with Gasteiger partial charge in [0, 0.05) is 12.2 Å². The average molecular weight is 312 g/mol. The van der Waals surface area contributed by atoms with Gasteiger partial charge in [0.2, 0.25) is 0 Å². The van der Waals surface area contributed by atoms with E-state index in [1.54, 1.807) is 31.2 Å². The Hall–Kier alpha value is -1.40. The van der Waals surface area contributed by atoms with Crippen LogP contribution in [0.25, 0.3) is 0 Å². The smallest absolute Gasteiger partial charge is 0.177 e. The van der Waals surface area contributed by atoms with Crippen LogP contribution in [-0.4, -0.2) is 44.5 Å². The van der Waals surface area contributed by atoms with Gasteiger partial charge in [-0.25, -0.2) is 8.42 Å². The number of hydrogen-bond donors (Lipinski definition) is 0. The zero-order valence-corrected chi connectivity index (χ0v) is 13.1. The molecule has 2 unspecified atom stereocenters. The molecule has 1 heterocycles. The number of carbonyl (C=O) groups is 1. The summed E-state index contributed by atoms with van der Waals surface area (Å²) in [5, 5.41) is -0.579. The van der Waals surface area contributed by atoms with E-state index in [0.29, 0.717) is 30.9 Å². The van der Waals surface area contributed by atoms with Gasteiger partial charge in [-0.05, 0) is 44.5 Å². The number of hydrogen-bond acceptors (Lipinski definition) is 5. The zero-order valence-electron chi connectivity index (χ0n) is 12.2. The zero-order chi connectivity index (χ0) is 15.5. The molecule has 0 amide bonds. The van der Waals surface area contributed by atoms with Crippen LogP contribution in [0.4, 0.5) is 0 Å². The molecule has 0 N–H and O–H groups in total. The molecule has 1 aliphatic rings. The monoisotopic (exact) mass is 312 g/mol. The second-order valence-corrected chi connectivity index (χ2v) is 7.31. The molecule has 6 heteroatoms. The summed E-state index contributed by atoms with van der Waals surface area (Å²) in [5.74, 6) is -0.203. The highest BCUT2D eigenvalue weighted by Gasteiger charge is 2.36. The van der Waals surface area contributed by atoms with Gasteiger partial charge in [0.15, 0.2) is 15.6 Å². The molecule has 0 bridgehead atoms. The Bertz CT molecular complexity index is 591. The van der Waals surface area contributed by atoms with Crippen LogP contribution in [0, 0.1) is 0 Å². The Morgan fingerprint density at radius 2 is 2.00 bits per heavy atom. The minimum absolute atomic E-state index is 0.344. The lowest BCUT2D eigenvalue weighted by molar-refractivity contribution is 0.102. The molecule has 2 rings (SSSR count). The van der Waals surface area contributed by atoms with Crippen molar-refractivity contribution in [1.29, 1.82) is 0 Å². The highest BCUT2D eigenvalue weighted by atomic mass is 32.2. The van der Waals surface area contributed by atoms with E-state index in [1.807, 2.05) is 6.92 Å². The molecule has 1 aromatic rings. The summed E-state index contributed by atoms with van der Waals surface area (Å²) in [5.41, 5.74) is 0.383. The van der Waals surface area contributed by atoms with Crippen LogP contribution < -0.4 is 4.74 Å². The number of benzene rings is 1. The Morgan fingerprint density at radius 1 is 1.33 bits per heavy atom. The molecular formula is C15H20O5S. The quantitative estimate of drug-likeness (QED) is 0.750. The second-order valence-electron chi connectivity index (χ2n) is 5.09. The SMILES string of the molecule is CCOc1ccc(C(=O)CS(=O)(=O)C2CCOC2C)cc1. The van der Waals surface area contributed by atoms with Crippen LogP contribution in [0.15, 0.2) is 24.3 Å². The highest BCUT2D eigenvalue weighted by Crippen LogP contribution is 2.22. The minimum Gasteiger partial charge on any atom is -0.494 e. The normalized spacial score (nSPS) is 22.2. The number of rotatable bonds is 6. The maximum Gasteiger partial charge on any atom is 0.177 e. The van der Waals surface area contributed by atoms with Gasteiger partial charge in [-0.2, -0.15) is 0 Å². The number of Topliss-reactive ketones (excluding diaryl/α,β-unsaturated/α-hetero) is 1. The van der Waals surface area contributed by atoms with Crippen molar-refractivity contribution in [3.63, 3.8) is 0 Å². The van der Waals surface area contributed by atoms with Gasteiger partial charge < -0.3 is 9.47 Å². The van der Waals surface area contributed by atoms with Crippen molar-refractivity contribution >= 4 is 15.6 Å². The van der Waals surface area contributed by atoms with Crippen LogP contribution in [0.5, 0.6) is 5.75 Å². The average Bonchev–Trinajstić information content (AvgIpc) is 2.86. The van der Waals surface area contributed by atoms with Crippen molar-refractivity contribution in [3.8, 4) is 5.75 Å². The number of ketones is 1. The summed E-state index contributed by atoms with van der Waals surface area (Å²) in [6, 6.07) is 6.53. The molecular weight excluding hydrogens is 292 g/mol. The first-order chi connectivity index (χ1) is 9.94. The molecule has 5 nitrogen and oxygen atoms in total. The molecule has 0 spiro atoms. The fraction of sp³-hybridized carbons (Fsp3) is 0.533. The first-order valence-corrected chi connectivity index (χ1v) is 8.75. The van der Waals surface area contributed by atoms with E-state index in [2.05, 4.69) is 0 Å². The van der Waals surface area contributed by atoms with Crippen molar-refractivity contribution in [2.24, 2.45) is 0 Å². The van der Waals surface area contributed by atoms with Gasteiger partial charge in [-0.15, -0.1) is 0 Å². The maximum atomic E-state index is 12.3. The third kappa shape index (κ3) is 3.83. The molecule has 1 aliphatic heterocycles. The Kier molecular flexibility index (Phi) is 5.00. The van der Waals surface area contributed by atoms with Crippen molar-refractivity contribution in [2.75, 3.05) is 19.0 Å². The maximum absolute atomic E-state index is 12.3. The molecule has 2 atom stereocenters. The molecule has 21 heavy (non-hydrogen) atoms. The lowest BCUT2D eigenvalue weighted by atomic mass is 10.1. The van der Waals surface area contributed by atoms with Crippen LogP contribution >= 0.6 is 0 Å². The van der Waals surface area contributed by atoms with Crippen LogP contribution in [-0.2, 0) is 14.6 Å². The van der Waals surface area contributed by atoms with E-state index in [9.17, 15) is 13.2 Å². The van der Waals surface area contributed by atoms with E-state index < -0.39 is 26.6 Å². The third-order valence-electron chi connectivity index (χ3n) is 3.59. The van der Waals surface area contributed by atoms with Gasteiger partial charge in [-0.3, -0.25) is 4.79 Å². The largest absolute Gasteiger partial charge is 0.494 e. The standard InChI is InChI=1S/C15H20O5S/c1-3-19-13-6-4-12(5-7-13)14(16)10-21(17,18)15-8-9-20-11(15)2/h4-7,11,15H,3,8-10H2,1-2H3. The fourth-order valence-corrected chi connectivity index (χ4v) is 4.32. The van der Waals surface area contributed by atoms with E-state index in [4.69, 9.17) is 9.47 Å². The third-order valence-corrected chi connectivity index (χ3v) is 5.79. The van der Waals surface area contributed by atoms with Crippen LogP contribution in [0.1, 0.15) is 30.6 Å². The summed E-state index contributed by atoms with van der Waals surface area (Å²) < 4.78 is 35.1. The molecule has 116 valence electrons. The van der Waals surface area contributed by atoms with E-state index in [1.165, 1.54) is 0 Å². The van der Waals surface area contributed by atoms with Crippen LogP contribution in [0.2, 0.25) is 0 Å². The van der Waals surface area contributed by atoms with Crippen molar-refractivity contribution in [1.82, 2.24) is 0 Å². The Morgan fingerprint density at radius 3 is 2.52 bits per heavy atom. The minimum atomic E-state index is -3.48. The first kappa shape index (κ1) is 16.0. The summed E-state index contributed by atoms with van der Waals surface area (Å²) in [7, 11) is -3.48. The van der Waals surface area contributed by atoms with Crippen LogP contribution in [0.3, 0.4) is 0 Å². The molecule has 0 aliphatic carbocycles. The summed E-state index contributed by atoms with van der Waals surface area (Å²) in [6.45, 7) is 4.58. The van der Waals surface area contributed by atoms with E-state index in [0.717, 1.165) is 0 Å². The van der Waals surface area contributed by atoms with E-state index >= 15 is 0 Å². The molecule has 0 saturated carbocycles. The van der Waals surface area contributed by atoms with Crippen molar-refractivity contribution in [3.05, 3.63) is 29.8 Å². The molecule has 0 radical (unpaired) electrons. The summed E-state index contributed by atoms with van der Waals surface area (Å²) >= 11 is 0. The topological polar surface area (TPSA) is 69.7 Å². The summed E-state index contributed by atoms with van der Waals surface area (Å²) in [4.78, 5) is 12.1. The van der Waals surface area contributed by atoms with Gasteiger partial charge in [0.1, 0.15) is 11.5 Å². The second kappa shape index (κ2) is 6.58. The molecule has 1 aromatic carbocycles.